The number of anilines is 1. The molecule has 1 amide bonds. The van der Waals surface area contributed by atoms with Crippen molar-refractivity contribution in [1.82, 2.24) is 0 Å². The molecule has 2 nitrogen and oxygen atoms in total. The minimum Gasteiger partial charge on any atom is -0.325 e. The molecule has 108 valence electrons. The van der Waals surface area contributed by atoms with Gasteiger partial charge in [0.2, 0.25) is 5.91 Å². The van der Waals surface area contributed by atoms with Crippen LogP contribution < -0.4 is 5.32 Å². The number of fused-ring (bicyclic) bond motifs is 1. The maximum absolute atomic E-state index is 12.5. The van der Waals surface area contributed by atoms with E-state index < -0.39 is 5.41 Å². The lowest BCUT2D eigenvalue weighted by molar-refractivity contribution is -0.120. The van der Waals surface area contributed by atoms with Gasteiger partial charge in [0, 0.05) is 5.69 Å². The molecule has 2 atom stereocenters. The molecule has 1 N–H and O–H groups in total. The molecular formula is C17H15Cl2NO. The average molecular weight is 320 g/mol. The fourth-order valence-electron chi connectivity index (χ4n) is 2.96. The predicted octanol–water partition coefficient (Wildman–Crippen LogP) is 5.01. The molecule has 21 heavy (non-hydrogen) atoms. The Morgan fingerprint density at radius 2 is 1.81 bits per heavy atom. The van der Waals surface area contributed by atoms with E-state index in [9.17, 15) is 4.79 Å². The summed E-state index contributed by atoms with van der Waals surface area (Å²) in [6.07, 6.45) is 0. The fourth-order valence-corrected chi connectivity index (χ4v) is 3.27. The summed E-state index contributed by atoms with van der Waals surface area (Å²) >= 11 is 12.1. The number of carbonyl (C=O) groups excluding carboxylic acids is 1. The van der Waals surface area contributed by atoms with Gasteiger partial charge in [0.05, 0.1) is 15.5 Å². The Hall–Kier alpha value is -1.51. The second kappa shape index (κ2) is 5.04. The number of rotatable bonds is 2. The van der Waals surface area contributed by atoms with Gasteiger partial charge in [-0.1, -0.05) is 54.4 Å². The number of benzene rings is 2. The molecule has 0 aliphatic carbocycles. The van der Waals surface area contributed by atoms with E-state index in [2.05, 4.69) is 5.32 Å². The number of amides is 1. The Morgan fingerprint density at radius 1 is 1.10 bits per heavy atom. The van der Waals surface area contributed by atoms with Crippen LogP contribution in [0.5, 0.6) is 0 Å². The molecule has 0 spiro atoms. The summed E-state index contributed by atoms with van der Waals surface area (Å²) in [4.78, 5) is 12.5. The summed E-state index contributed by atoms with van der Waals surface area (Å²) in [5, 5.41) is 4.00. The van der Waals surface area contributed by atoms with Crippen LogP contribution in [-0.4, -0.2) is 5.91 Å². The molecule has 2 unspecified atom stereocenters. The molecule has 2 aromatic rings. The van der Waals surface area contributed by atoms with Crippen molar-refractivity contribution in [2.45, 2.75) is 25.2 Å². The highest BCUT2D eigenvalue weighted by atomic mass is 35.5. The van der Waals surface area contributed by atoms with E-state index >= 15 is 0 Å². The van der Waals surface area contributed by atoms with Crippen molar-refractivity contribution in [3.8, 4) is 0 Å². The molecule has 3 rings (SSSR count). The second-order valence-corrected chi connectivity index (χ2v) is 6.41. The van der Waals surface area contributed by atoms with Gasteiger partial charge in [-0.05, 0) is 42.2 Å². The first-order valence-electron chi connectivity index (χ1n) is 6.80. The van der Waals surface area contributed by atoms with Crippen molar-refractivity contribution < 1.29 is 4.79 Å². The molecule has 1 heterocycles. The van der Waals surface area contributed by atoms with Crippen LogP contribution in [-0.2, 0) is 10.2 Å². The van der Waals surface area contributed by atoms with E-state index in [0.29, 0.717) is 10.0 Å². The minimum absolute atomic E-state index is 0.0160. The maximum Gasteiger partial charge on any atom is 0.235 e. The van der Waals surface area contributed by atoms with Crippen LogP contribution in [0.3, 0.4) is 0 Å². The van der Waals surface area contributed by atoms with Crippen LogP contribution >= 0.6 is 23.2 Å². The predicted molar refractivity (Wildman–Crippen MR) is 87.3 cm³/mol. The minimum atomic E-state index is -0.617. The highest BCUT2D eigenvalue weighted by Gasteiger charge is 2.47. The summed E-state index contributed by atoms with van der Waals surface area (Å²) in [6, 6.07) is 13.4. The Morgan fingerprint density at radius 3 is 2.52 bits per heavy atom. The molecule has 0 fully saturated rings. The summed E-state index contributed by atoms with van der Waals surface area (Å²) in [7, 11) is 0. The van der Waals surface area contributed by atoms with Gasteiger partial charge >= 0.3 is 0 Å². The molecule has 0 radical (unpaired) electrons. The summed E-state index contributed by atoms with van der Waals surface area (Å²) < 4.78 is 0. The van der Waals surface area contributed by atoms with Gasteiger partial charge in [0.1, 0.15) is 0 Å². The maximum atomic E-state index is 12.5. The van der Waals surface area contributed by atoms with Crippen LogP contribution in [0.1, 0.15) is 30.9 Å². The van der Waals surface area contributed by atoms with Crippen LogP contribution in [0.15, 0.2) is 42.5 Å². The summed E-state index contributed by atoms with van der Waals surface area (Å²) in [6.45, 7) is 4.02. The second-order valence-electron chi connectivity index (χ2n) is 5.60. The Labute approximate surface area is 134 Å². The standard InChI is InChI=1S/C17H15Cl2NO/c1-10(11-7-8-13(18)14(19)9-11)17(2)12-5-3-4-6-15(12)20-16(17)21/h3-10H,1-2H3,(H,20,21). The van der Waals surface area contributed by atoms with E-state index in [-0.39, 0.29) is 11.8 Å². The summed E-state index contributed by atoms with van der Waals surface area (Å²) in [5.41, 5.74) is 2.29. The highest BCUT2D eigenvalue weighted by molar-refractivity contribution is 6.42. The van der Waals surface area contributed by atoms with Gasteiger partial charge < -0.3 is 5.32 Å². The van der Waals surface area contributed by atoms with Crippen molar-refractivity contribution in [3.63, 3.8) is 0 Å². The van der Waals surface area contributed by atoms with Gasteiger partial charge in [-0.15, -0.1) is 0 Å². The zero-order chi connectivity index (χ0) is 15.2. The Kier molecular flexibility index (Phi) is 3.46. The number of hydrogen-bond donors (Lipinski definition) is 1. The number of halogens is 2. The summed E-state index contributed by atoms with van der Waals surface area (Å²) in [5.74, 6) is -0.00168. The van der Waals surface area contributed by atoms with Gasteiger partial charge in [-0.25, -0.2) is 0 Å². The molecule has 0 saturated carbocycles. The first-order chi connectivity index (χ1) is 9.94. The smallest absolute Gasteiger partial charge is 0.235 e. The average Bonchev–Trinajstić information content (AvgIpc) is 2.74. The lowest BCUT2D eigenvalue weighted by Crippen LogP contribution is -2.36. The first kappa shape index (κ1) is 14.4. The molecule has 4 heteroatoms. The SMILES string of the molecule is CC(c1ccc(Cl)c(Cl)c1)C1(C)C(=O)Nc2ccccc21. The van der Waals surface area contributed by atoms with Crippen molar-refractivity contribution >= 4 is 34.8 Å². The zero-order valence-electron chi connectivity index (χ0n) is 11.8. The molecule has 0 aromatic heterocycles. The van der Waals surface area contributed by atoms with Crippen LogP contribution in [0.2, 0.25) is 10.0 Å². The monoisotopic (exact) mass is 319 g/mol. The van der Waals surface area contributed by atoms with Gasteiger partial charge in [-0.2, -0.15) is 0 Å². The van der Waals surface area contributed by atoms with E-state index in [0.717, 1.165) is 16.8 Å². The quantitative estimate of drug-likeness (QED) is 0.828. The first-order valence-corrected chi connectivity index (χ1v) is 7.56. The third-order valence-corrected chi connectivity index (χ3v) is 5.26. The van der Waals surface area contributed by atoms with Crippen molar-refractivity contribution in [2.75, 3.05) is 5.32 Å². The number of nitrogens with one attached hydrogen (secondary N) is 1. The lowest BCUT2D eigenvalue weighted by atomic mass is 9.70. The molecule has 0 bridgehead atoms. The molecule has 1 aliphatic rings. The van der Waals surface area contributed by atoms with Crippen molar-refractivity contribution in [1.29, 1.82) is 0 Å². The van der Waals surface area contributed by atoms with Gasteiger partial charge in [0.25, 0.3) is 0 Å². The molecule has 1 aliphatic heterocycles. The zero-order valence-corrected chi connectivity index (χ0v) is 13.3. The normalized spacial score (nSPS) is 21.8. The number of para-hydroxylation sites is 1. The largest absolute Gasteiger partial charge is 0.325 e. The molecule has 0 saturated heterocycles. The van der Waals surface area contributed by atoms with E-state index in [4.69, 9.17) is 23.2 Å². The van der Waals surface area contributed by atoms with E-state index in [1.165, 1.54) is 0 Å². The third-order valence-electron chi connectivity index (χ3n) is 4.52. The van der Waals surface area contributed by atoms with Gasteiger partial charge in [0.15, 0.2) is 0 Å². The highest BCUT2D eigenvalue weighted by Crippen LogP contribution is 2.47. The van der Waals surface area contributed by atoms with Crippen LogP contribution in [0.25, 0.3) is 0 Å². The third kappa shape index (κ3) is 2.14. The van der Waals surface area contributed by atoms with Crippen LogP contribution in [0.4, 0.5) is 5.69 Å². The Balaban J connectivity index is 2.09. The Bertz CT molecular complexity index is 728. The van der Waals surface area contributed by atoms with Crippen LogP contribution in [0, 0.1) is 0 Å². The molecule has 2 aromatic carbocycles. The number of hydrogen-bond acceptors (Lipinski definition) is 1. The number of carbonyl (C=O) groups is 1. The fraction of sp³-hybridized carbons (Fsp3) is 0.235. The van der Waals surface area contributed by atoms with Crippen molar-refractivity contribution in [2.24, 2.45) is 0 Å². The lowest BCUT2D eigenvalue weighted by Gasteiger charge is -2.30. The topological polar surface area (TPSA) is 29.1 Å². The van der Waals surface area contributed by atoms with E-state index in [1.807, 2.05) is 50.2 Å². The van der Waals surface area contributed by atoms with Gasteiger partial charge in [-0.3, -0.25) is 4.79 Å². The van der Waals surface area contributed by atoms with Crippen molar-refractivity contribution in [3.05, 3.63) is 63.6 Å². The van der Waals surface area contributed by atoms with E-state index in [1.54, 1.807) is 6.07 Å². The molecular weight excluding hydrogens is 305 g/mol.